The van der Waals surface area contributed by atoms with Gasteiger partial charge in [0.15, 0.2) is 0 Å². The van der Waals surface area contributed by atoms with Gasteiger partial charge in [0.05, 0.1) is 5.69 Å². The minimum absolute atomic E-state index is 0.689. The van der Waals surface area contributed by atoms with Crippen LogP contribution in [0.2, 0.25) is 5.02 Å². The molecule has 18 heavy (non-hydrogen) atoms. The van der Waals surface area contributed by atoms with E-state index in [1.54, 1.807) is 25.1 Å². The first-order valence-corrected chi connectivity index (χ1v) is 5.89. The van der Waals surface area contributed by atoms with Crippen LogP contribution in [0.1, 0.15) is 12.6 Å². The molecule has 96 valence electrons. The Bertz CT molecular complexity index is 518. The summed E-state index contributed by atoms with van der Waals surface area (Å²) in [5, 5.41) is 4.98. The van der Waals surface area contributed by atoms with Gasteiger partial charge in [0.2, 0.25) is 5.79 Å². The minimum Gasteiger partial charge on any atom is -0.348 e. The predicted molar refractivity (Wildman–Crippen MR) is 69.9 cm³/mol. The van der Waals surface area contributed by atoms with Gasteiger partial charge in [-0.15, -0.1) is 0 Å². The molecule has 0 radical (unpaired) electrons. The molecule has 0 atom stereocenters. The number of halogens is 1. The van der Waals surface area contributed by atoms with Gasteiger partial charge in [-0.1, -0.05) is 11.6 Å². The summed E-state index contributed by atoms with van der Waals surface area (Å²) in [6, 6.07) is 9.29. The van der Waals surface area contributed by atoms with E-state index in [1.165, 1.54) is 0 Å². The van der Waals surface area contributed by atoms with E-state index in [-0.39, 0.29) is 0 Å². The van der Waals surface area contributed by atoms with Crippen LogP contribution in [-0.4, -0.2) is 24.0 Å². The van der Waals surface area contributed by atoms with Crippen LogP contribution in [0.15, 0.2) is 36.5 Å². The van der Waals surface area contributed by atoms with Gasteiger partial charge < -0.3 is 9.47 Å². The van der Waals surface area contributed by atoms with E-state index in [9.17, 15) is 0 Å². The zero-order chi connectivity index (χ0) is 13.2. The summed E-state index contributed by atoms with van der Waals surface area (Å²) in [6.45, 7) is 1.84. The molecular formula is C13H15ClN2O2. The molecular weight excluding hydrogens is 252 g/mol. The maximum Gasteiger partial charge on any atom is 0.208 e. The lowest BCUT2D eigenvalue weighted by molar-refractivity contribution is -0.205. The van der Waals surface area contributed by atoms with Crippen LogP contribution in [-0.2, 0) is 15.3 Å². The molecule has 4 nitrogen and oxygen atoms in total. The standard InChI is InChI=1S/C13H15ClN2O2/c1-13(17-2,18-3)12-8-9-15-16(12)11-6-4-10(14)5-7-11/h4-9H,1-3H3. The number of benzene rings is 1. The van der Waals surface area contributed by atoms with Crippen LogP contribution in [0.3, 0.4) is 0 Å². The Morgan fingerprint density at radius 3 is 2.28 bits per heavy atom. The Hall–Kier alpha value is -1.36. The van der Waals surface area contributed by atoms with Crippen molar-refractivity contribution in [3.63, 3.8) is 0 Å². The SMILES string of the molecule is COC(C)(OC)c1ccnn1-c1ccc(Cl)cc1. The molecule has 0 aliphatic carbocycles. The van der Waals surface area contributed by atoms with E-state index in [0.29, 0.717) is 5.02 Å². The van der Waals surface area contributed by atoms with Crippen molar-refractivity contribution in [2.45, 2.75) is 12.7 Å². The van der Waals surface area contributed by atoms with Gasteiger partial charge in [-0.2, -0.15) is 5.10 Å². The van der Waals surface area contributed by atoms with E-state index in [0.717, 1.165) is 11.4 Å². The third-order valence-electron chi connectivity index (χ3n) is 2.96. The van der Waals surface area contributed by atoms with E-state index < -0.39 is 5.79 Å². The molecule has 1 aromatic heterocycles. The van der Waals surface area contributed by atoms with Crippen molar-refractivity contribution in [1.29, 1.82) is 0 Å². The second kappa shape index (κ2) is 5.10. The summed E-state index contributed by atoms with van der Waals surface area (Å²) < 4.78 is 12.6. The van der Waals surface area contributed by atoms with Crippen LogP contribution in [0.25, 0.3) is 5.69 Å². The molecule has 0 N–H and O–H groups in total. The van der Waals surface area contributed by atoms with Gasteiger partial charge >= 0.3 is 0 Å². The molecule has 0 spiro atoms. The fourth-order valence-corrected chi connectivity index (χ4v) is 1.85. The molecule has 0 bridgehead atoms. The summed E-state index contributed by atoms with van der Waals surface area (Å²) in [5.41, 5.74) is 1.72. The van der Waals surface area contributed by atoms with Crippen molar-refractivity contribution in [3.8, 4) is 5.69 Å². The lowest BCUT2D eigenvalue weighted by Gasteiger charge is -2.27. The van der Waals surface area contributed by atoms with Crippen molar-refractivity contribution in [1.82, 2.24) is 9.78 Å². The summed E-state index contributed by atoms with van der Waals surface area (Å²) in [4.78, 5) is 0. The smallest absolute Gasteiger partial charge is 0.208 e. The van der Waals surface area contributed by atoms with Gasteiger partial charge in [0, 0.05) is 25.4 Å². The summed E-state index contributed by atoms with van der Waals surface area (Å²) in [5.74, 6) is -0.837. The first-order valence-electron chi connectivity index (χ1n) is 5.51. The van der Waals surface area contributed by atoms with E-state index >= 15 is 0 Å². The Kier molecular flexibility index (Phi) is 3.71. The number of methoxy groups -OCH3 is 2. The molecule has 0 amide bonds. The third kappa shape index (κ3) is 2.27. The van der Waals surface area contributed by atoms with E-state index in [1.807, 2.05) is 37.3 Å². The zero-order valence-electron chi connectivity index (χ0n) is 10.6. The second-order valence-corrected chi connectivity index (χ2v) is 4.40. The van der Waals surface area contributed by atoms with Gasteiger partial charge in [-0.25, -0.2) is 4.68 Å². The van der Waals surface area contributed by atoms with Crippen molar-refractivity contribution in [2.24, 2.45) is 0 Å². The fourth-order valence-electron chi connectivity index (χ4n) is 1.73. The summed E-state index contributed by atoms with van der Waals surface area (Å²) in [7, 11) is 3.20. The minimum atomic E-state index is -0.837. The molecule has 0 saturated carbocycles. The monoisotopic (exact) mass is 266 g/mol. The number of rotatable bonds is 4. The molecule has 0 unspecified atom stereocenters. The highest BCUT2D eigenvalue weighted by Crippen LogP contribution is 2.27. The van der Waals surface area contributed by atoms with Crippen LogP contribution < -0.4 is 0 Å². The predicted octanol–water partition coefficient (Wildman–Crippen LogP) is 2.99. The molecule has 1 aromatic carbocycles. The van der Waals surface area contributed by atoms with Gasteiger partial charge in [-0.3, -0.25) is 0 Å². The number of ether oxygens (including phenoxy) is 2. The molecule has 2 rings (SSSR count). The first-order chi connectivity index (χ1) is 8.60. The lowest BCUT2D eigenvalue weighted by Crippen LogP contribution is -2.29. The number of aromatic nitrogens is 2. The van der Waals surface area contributed by atoms with Crippen LogP contribution in [0, 0.1) is 0 Å². The second-order valence-electron chi connectivity index (χ2n) is 3.96. The lowest BCUT2D eigenvalue weighted by atomic mass is 10.2. The normalized spacial score (nSPS) is 11.8. The highest BCUT2D eigenvalue weighted by Gasteiger charge is 2.30. The molecule has 0 fully saturated rings. The van der Waals surface area contributed by atoms with Crippen molar-refractivity contribution in [2.75, 3.05) is 14.2 Å². The molecule has 2 aromatic rings. The molecule has 0 aliphatic heterocycles. The number of hydrogen-bond donors (Lipinski definition) is 0. The molecule has 0 aliphatic rings. The van der Waals surface area contributed by atoms with Crippen LogP contribution in [0.5, 0.6) is 0 Å². The van der Waals surface area contributed by atoms with Crippen molar-refractivity contribution < 1.29 is 9.47 Å². The topological polar surface area (TPSA) is 36.3 Å². The fraction of sp³-hybridized carbons (Fsp3) is 0.308. The molecule has 1 heterocycles. The Morgan fingerprint density at radius 1 is 1.11 bits per heavy atom. The van der Waals surface area contributed by atoms with Gasteiger partial charge in [0.25, 0.3) is 0 Å². The van der Waals surface area contributed by atoms with Crippen molar-refractivity contribution >= 4 is 11.6 Å². The Balaban J connectivity index is 2.48. The summed E-state index contributed by atoms with van der Waals surface area (Å²) in [6.07, 6.45) is 1.71. The largest absolute Gasteiger partial charge is 0.348 e. The highest BCUT2D eigenvalue weighted by atomic mass is 35.5. The van der Waals surface area contributed by atoms with Crippen LogP contribution >= 0.6 is 11.6 Å². The van der Waals surface area contributed by atoms with Crippen LogP contribution in [0.4, 0.5) is 0 Å². The van der Waals surface area contributed by atoms with E-state index in [4.69, 9.17) is 21.1 Å². The summed E-state index contributed by atoms with van der Waals surface area (Å²) >= 11 is 5.88. The van der Waals surface area contributed by atoms with Gasteiger partial charge in [-0.05, 0) is 37.3 Å². The number of hydrogen-bond acceptors (Lipinski definition) is 3. The van der Waals surface area contributed by atoms with E-state index in [2.05, 4.69) is 5.10 Å². The average Bonchev–Trinajstić information content (AvgIpc) is 2.88. The number of nitrogens with zero attached hydrogens (tertiary/aromatic N) is 2. The Morgan fingerprint density at radius 2 is 1.72 bits per heavy atom. The maximum atomic E-state index is 5.88. The zero-order valence-corrected chi connectivity index (χ0v) is 11.3. The first kappa shape index (κ1) is 13.1. The average molecular weight is 267 g/mol. The Labute approximate surface area is 111 Å². The quantitative estimate of drug-likeness (QED) is 0.798. The molecule has 5 heteroatoms. The van der Waals surface area contributed by atoms with Gasteiger partial charge in [0.1, 0.15) is 5.69 Å². The highest BCUT2D eigenvalue weighted by molar-refractivity contribution is 6.30. The third-order valence-corrected chi connectivity index (χ3v) is 3.21. The maximum absolute atomic E-state index is 5.88. The van der Waals surface area contributed by atoms with Crippen molar-refractivity contribution in [3.05, 3.63) is 47.2 Å². The molecule has 0 saturated heterocycles.